The van der Waals surface area contributed by atoms with E-state index in [1.807, 2.05) is 11.0 Å². The van der Waals surface area contributed by atoms with E-state index in [-0.39, 0.29) is 52.9 Å². The first-order valence-electron chi connectivity index (χ1n) is 18.8. The molecule has 2 aromatic heterocycles. The molecule has 1 atom stereocenters. The van der Waals surface area contributed by atoms with Crippen LogP contribution in [0.15, 0.2) is 55.0 Å². The lowest BCUT2D eigenvalue weighted by Crippen LogP contribution is -2.54. The minimum absolute atomic E-state index is 0.0273. The first-order valence-corrected chi connectivity index (χ1v) is 18.8. The van der Waals surface area contributed by atoms with Gasteiger partial charge in [0.25, 0.3) is 30.1 Å². The first-order chi connectivity index (χ1) is 27.5. The highest BCUT2D eigenvalue weighted by Crippen LogP contribution is 2.37. The van der Waals surface area contributed by atoms with E-state index < -0.39 is 48.6 Å². The van der Waals surface area contributed by atoms with E-state index >= 15 is 0 Å². The predicted octanol–water partition coefficient (Wildman–Crippen LogP) is 2.58. The number of imide groups is 2. The maximum atomic E-state index is 13.7. The van der Waals surface area contributed by atoms with Gasteiger partial charge in [-0.2, -0.15) is 5.10 Å². The average molecular weight is 782 g/mol. The molecule has 0 bridgehead atoms. The summed E-state index contributed by atoms with van der Waals surface area (Å²) in [6.07, 6.45) is 3.44. The molecule has 57 heavy (non-hydrogen) atoms. The molecule has 0 spiro atoms. The van der Waals surface area contributed by atoms with E-state index in [9.17, 15) is 37.5 Å². The van der Waals surface area contributed by atoms with Crippen LogP contribution in [-0.4, -0.2) is 123 Å². The Bertz CT molecular complexity index is 2350. The summed E-state index contributed by atoms with van der Waals surface area (Å²) in [5, 5.41) is 9.10. The Morgan fingerprint density at radius 2 is 1.75 bits per heavy atom. The van der Waals surface area contributed by atoms with Crippen molar-refractivity contribution in [3.05, 3.63) is 82.8 Å². The van der Waals surface area contributed by atoms with Gasteiger partial charge in [0.2, 0.25) is 11.8 Å². The fourth-order valence-electron chi connectivity index (χ4n) is 8.54. The fraction of sp³-hybridized carbons (Fsp3) is 0.385. The van der Waals surface area contributed by atoms with Gasteiger partial charge < -0.3 is 24.8 Å². The van der Waals surface area contributed by atoms with Gasteiger partial charge in [-0.05, 0) is 61.2 Å². The highest BCUT2D eigenvalue weighted by molar-refractivity contribution is 6.23. The molecule has 1 unspecified atom stereocenters. The topological polar surface area (TPSA) is 179 Å². The van der Waals surface area contributed by atoms with Gasteiger partial charge >= 0.3 is 0 Å². The number of halogens is 2. The van der Waals surface area contributed by atoms with Crippen LogP contribution in [0.5, 0.6) is 5.75 Å². The average Bonchev–Trinajstić information content (AvgIpc) is 3.83. The number of anilines is 2. The van der Waals surface area contributed by atoms with Gasteiger partial charge in [-0.1, -0.05) is 0 Å². The maximum absolute atomic E-state index is 13.7. The number of hydrogen-bond acceptors (Lipinski definition) is 11. The molecule has 7 heterocycles. The lowest BCUT2D eigenvalue weighted by atomic mass is 9.95. The first kappa shape index (κ1) is 36.3. The Morgan fingerprint density at radius 1 is 0.965 bits per heavy atom. The Balaban J connectivity index is 0.797. The lowest BCUT2D eigenvalue weighted by Gasteiger charge is -2.45. The number of ether oxygens (including phenoxy) is 1. The van der Waals surface area contributed by atoms with Crippen molar-refractivity contribution in [3.8, 4) is 5.75 Å². The number of alkyl halides is 2. The highest BCUT2D eigenvalue weighted by atomic mass is 19.3. The number of nitrogens with zero attached hydrogens (tertiary/aromatic N) is 7. The number of hydrogen-bond donors (Lipinski definition) is 2. The Kier molecular flexibility index (Phi) is 9.14. The highest BCUT2D eigenvalue weighted by Gasteiger charge is 2.45. The molecule has 3 saturated heterocycles. The maximum Gasteiger partial charge on any atom is 0.272 e. The fourth-order valence-corrected chi connectivity index (χ4v) is 8.54. The molecule has 0 aliphatic carbocycles. The number of likely N-dealkylation sites (tertiary alicyclic amines) is 1. The summed E-state index contributed by atoms with van der Waals surface area (Å²) in [6, 6.07) is 8.83. The van der Waals surface area contributed by atoms with Crippen LogP contribution >= 0.6 is 0 Å². The Labute approximate surface area is 323 Å². The van der Waals surface area contributed by atoms with Gasteiger partial charge in [-0.15, -0.1) is 0 Å². The van der Waals surface area contributed by atoms with Crippen LogP contribution in [0.1, 0.15) is 72.7 Å². The van der Waals surface area contributed by atoms with Gasteiger partial charge in [0.05, 0.1) is 23.0 Å². The molecule has 9 rings (SSSR count). The van der Waals surface area contributed by atoms with E-state index in [2.05, 4.69) is 30.5 Å². The summed E-state index contributed by atoms with van der Waals surface area (Å²) in [5.74, 6) is -2.54. The molecule has 6 amide bonds. The van der Waals surface area contributed by atoms with Gasteiger partial charge in [0.1, 0.15) is 24.0 Å². The lowest BCUT2D eigenvalue weighted by molar-refractivity contribution is -0.136. The number of nitrogens with one attached hydrogen (secondary N) is 2. The van der Waals surface area contributed by atoms with Crippen molar-refractivity contribution in [1.29, 1.82) is 0 Å². The molecule has 5 aliphatic heterocycles. The third-order valence-corrected chi connectivity index (χ3v) is 11.4. The number of benzene rings is 2. The van der Waals surface area contributed by atoms with E-state index in [1.54, 1.807) is 30.5 Å². The normalized spacial score (nSPS) is 20.4. The van der Waals surface area contributed by atoms with Crippen molar-refractivity contribution in [1.82, 2.24) is 34.6 Å². The van der Waals surface area contributed by atoms with Crippen LogP contribution in [0.4, 0.5) is 20.2 Å². The van der Waals surface area contributed by atoms with Crippen molar-refractivity contribution in [3.63, 3.8) is 0 Å². The van der Waals surface area contributed by atoms with Crippen LogP contribution in [0, 0.1) is 5.92 Å². The van der Waals surface area contributed by atoms with Crippen LogP contribution in [0.2, 0.25) is 0 Å². The summed E-state index contributed by atoms with van der Waals surface area (Å²) in [4.78, 5) is 88.9. The summed E-state index contributed by atoms with van der Waals surface area (Å²) >= 11 is 0. The molecule has 4 aromatic rings. The molecule has 2 aromatic carbocycles. The SMILES string of the molecule is O=C1CCC(N2C(=O)c3ccc(N4CC(CN5CCC(N6Cc7cc(NC(=O)c8cnn9cccnc89)c(OCC(F)F)cc7C6=O)CC5)C4)cc3C2=O)C(=O)N1. The molecule has 2 N–H and O–H groups in total. The molecular weight excluding hydrogens is 744 g/mol. The second kappa shape index (κ2) is 14.3. The zero-order valence-corrected chi connectivity index (χ0v) is 30.5. The van der Waals surface area contributed by atoms with E-state index in [0.717, 1.165) is 56.2 Å². The third kappa shape index (κ3) is 6.62. The van der Waals surface area contributed by atoms with Gasteiger partial charge in [0, 0.05) is 81.3 Å². The zero-order chi connectivity index (χ0) is 39.5. The molecule has 5 aliphatic rings. The van der Waals surface area contributed by atoms with Gasteiger partial charge in [-0.25, -0.2) is 18.3 Å². The van der Waals surface area contributed by atoms with Crippen molar-refractivity contribution in [2.45, 2.75) is 50.7 Å². The summed E-state index contributed by atoms with van der Waals surface area (Å²) in [7, 11) is 0. The number of carbonyl (C=O) groups is 6. The second-order valence-electron chi connectivity index (χ2n) is 15.0. The second-order valence-corrected chi connectivity index (χ2v) is 15.0. The minimum Gasteiger partial charge on any atom is -0.485 e. The van der Waals surface area contributed by atoms with Crippen molar-refractivity contribution in [2.75, 3.05) is 49.5 Å². The van der Waals surface area contributed by atoms with Crippen molar-refractivity contribution in [2.24, 2.45) is 5.92 Å². The number of piperidine rings is 2. The molecule has 3 fully saturated rings. The van der Waals surface area contributed by atoms with Crippen LogP contribution in [-0.2, 0) is 16.1 Å². The largest absolute Gasteiger partial charge is 0.485 e. The standard InChI is InChI=1S/C39H37F2N9O7/c40-32(41)20-57-31-14-26-22(12-29(31)44-35(52)28-15-43-49-9-1-8-42-34(28)49)19-48(37(26)54)23-6-10-46(11-7-23)16-21-17-47(18-21)24-2-3-25-27(13-24)39(56)50(38(25)55)30-4-5-33(51)45-36(30)53/h1-3,8-9,12-15,21,23,30,32H,4-7,10-11,16-20H2,(H,44,52)(H,45,51,53). The molecule has 0 saturated carbocycles. The quantitative estimate of drug-likeness (QED) is 0.226. The Hall–Kier alpha value is -6.30. The molecule has 294 valence electrons. The summed E-state index contributed by atoms with van der Waals surface area (Å²) < 4.78 is 33.2. The van der Waals surface area contributed by atoms with E-state index in [4.69, 9.17) is 4.74 Å². The summed E-state index contributed by atoms with van der Waals surface area (Å²) in [6.45, 7) is 3.36. The summed E-state index contributed by atoms with van der Waals surface area (Å²) in [5.41, 5.74) is 3.02. The molecule has 18 heteroatoms. The third-order valence-electron chi connectivity index (χ3n) is 11.4. The van der Waals surface area contributed by atoms with Crippen molar-refractivity contribution >= 4 is 52.5 Å². The number of rotatable bonds is 10. The molecule has 0 radical (unpaired) electrons. The number of carbonyl (C=O) groups excluding carboxylic acids is 6. The van der Waals surface area contributed by atoms with E-state index in [0.29, 0.717) is 29.2 Å². The number of fused-ring (bicyclic) bond motifs is 3. The predicted molar refractivity (Wildman–Crippen MR) is 197 cm³/mol. The monoisotopic (exact) mass is 781 g/mol. The smallest absolute Gasteiger partial charge is 0.272 e. The van der Waals surface area contributed by atoms with Crippen LogP contribution in [0.25, 0.3) is 5.65 Å². The van der Waals surface area contributed by atoms with E-state index in [1.165, 1.54) is 23.0 Å². The number of aromatic nitrogens is 3. The molecule has 16 nitrogen and oxygen atoms in total. The zero-order valence-electron chi connectivity index (χ0n) is 30.5. The van der Waals surface area contributed by atoms with Crippen molar-refractivity contribution < 1.29 is 42.3 Å². The van der Waals surface area contributed by atoms with Gasteiger partial charge in [-0.3, -0.25) is 39.0 Å². The molecular formula is C39H37F2N9O7. The Morgan fingerprint density at radius 3 is 2.53 bits per heavy atom. The number of amides is 6. The van der Waals surface area contributed by atoms with Crippen LogP contribution in [0.3, 0.4) is 0 Å². The minimum atomic E-state index is -2.76. The van der Waals surface area contributed by atoms with Crippen LogP contribution < -0.4 is 20.3 Å². The van der Waals surface area contributed by atoms with Gasteiger partial charge in [0.15, 0.2) is 5.65 Å².